The van der Waals surface area contributed by atoms with Crippen LogP contribution in [0.2, 0.25) is 0 Å². The van der Waals surface area contributed by atoms with E-state index >= 15 is 0 Å². The Hall–Kier alpha value is -2.07. The van der Waals surface area contributed by atoms with Crippen molar-refractivity contribution in [1.29, 1.82) is 0 Å². The number of carbonyl (C=O) groups excluding carboxylic acids is 1. The lowest BCUT2D eigenvalue weighted by Crippen LogP contribution is -2.37. The predicted molar refractivity (Wildman–Crippen MR) is 86.2 cm³/mol. The summed E-state index contributed by atoms with van der Waals surface area (Å²) in [4.78, 5) is 14.3. The average molecular weight is 299 g/mol. The topological polar surface area (TPSA) is 49.8 Å². The van der Waals surface area contributed by atoms with E-state index in [9.17, 15) is 9.90 Å². The molecule has 3 rings (SSSR count). The summed E-state index contributed by atoms with van der Waals surface area (Å²) < 4.78 is 5.69. The zero-order valence-electron chi connectivity index (χ0n) is 12.8. The number of rotatable bonds is 3. The molecule has 1 N–H and O–H groups in total. The number of amides is 1. The van der Waals surface area contributed by atoms with Crippen LogP contribution in [0.5, 0.6) is 5.75 Å². The largest absolute Gasteiger partial charge is 0.507 e. The van der Waals surface area contributed by atoms with E-state index in [1.807, 2.05) is 30.3 Å². The van der Waals surface area contributed by atoms with Gasteiger partial charge in [0.05, 0.1) is 6.10 Å². The first-order chi connectivity index (χ1) is 10.6. The number of likely N-dealkylation sites (N-methyl/N-ethyl adjacent to an activating group) is 1. The number of aromatic hydroxyl groups is 1. The zero-order valence-corrected chi connectivity index (χ0v) is 12.8. The lowest BCUT2D eigenvalue weighted by atomic mass is 10.0. The van der Waals surface area contributed by atoms with Crippen molar-refractivity contribution < 1.29 is 14.6 Å². The third kappa shape index (κ3) is 3.07. The smallest absolute Gasteiger partial charge is 0.253 e. The van der Waals surface area contributed by atoms with E-state index in [4.69, 9.17) is 4.74 Å². The lowest BCUT2D eigenvalue weighted by molar-refractivity contribution is -0.000187. The van der Waals surface area contributed by atoms with Gasteiger partial charge in [-0.15, -0.1) is 0 Å². The summed E-state index contributed by atoms with van der Waals surface area (Å²) in [6.45, 7) is 1.37. The lowest BCUT2D eigenvalue weighted by Gasteiger charge is -2.27. The normalized spacial score (nSPS) is 18.3. The van der Waals surface area contributed by atoms with Crippen LogP contribution in [-0.2, 0) is 4.74 Å². The summed E-state index contributed by atoms with van der Waals surface area (Å²) in [5.74, 6) is 0.0546. The summed E-state index contributed by atoms with van der Waals surface area (Å²) >= 11 is 0. The van der Waals surface area contributed by atoms with E-state index in [2.05, 4.69) is 0 Å². The van der Waals surface area contributed by atoms with E-state index in [0.717, 1.165) is 36.6 Å². The molecule has 22 heavy (non-hydrogen) atoms. The van der Waals surface area contributed by atoms with Crippen molar-refractivity contribution in [2.75, 3.05) is 20.2 Å². The molecule has 1 saturated heterocycles. The molecular weight excluding hydrogens is 278 g/mol. The van der Waals surface area contributed by atoms with Gasteiger partial charge < -0.3 is 14.7 Å². The maximum Gasteiger partial charge on any atom is 0.253 e. The molecule has 1 aliphatic heterocycles. The number of fused-ring (bicyclic) bond motifs is 1. The van der Waals surface area contributed by atoms with Gasteiger partial charge in [0.1, 0.15) is 5.75 Å². The monoisotopic (exact) mass is 299 g/mol. The van der Waals surface area contributed by atoms with Crippen LogP contribution in [-0.4, -0.2) is 42.2 Å². The highest BCUT2D eigenvalue weighted by Crippen LogP contribution is 2.27. The fraction of sp³-hybridized carbons (Fsp3) is 0.389. The van der Waals surface area contributed by atoms with Crippen molar-refractivity contribution in [3.8, 4) is 5.75 Å². The van der Waals surface area contributed by atoms with Crippen LogP contribution in [0.15, 0.2) is 36.4 Å². The number of benzene rings is 2. The molecule has 1 amide bonds. The Morgan fingerprint density at radius 2 is 2.14 bits per heavy atom. The SMILES string of the molecule is CN(C[C@@H]1CCCCO1)C(=O)c1cc(O)c2ccccc2c1. The molecule has 0 spiro atoms. The highest BCUT2D eigenvalue weighted by Gasteiger charge is 2.20. The van der Waals surface area contributed by atoms with Crippen LogP contribution >= 0.6 is 0 Å². The van der Waals surface area contributed by atoms with Crippen LogP contribution in [0.3, 0.4) is 0 Å². The zero-order chi connectivity index (χ0) is 15.5. The summed E-state index contributed by atoms with van der Waals surface area (Å²) in [6.07, 6.45) is 3.38. The average Bonchev–Trinajstić information content (AvgIpc) is 2.55. The molecule has 0 radical (unpaired) electrons. The molecule has 0 aliphatic carbocycles. The number of hydrogen-bond donors (Lipinski definition) is 1. The van der Waals surface area contributed by atoms with Crippen LogP contribution in [0.1, 0.15) is 29.6 Å². The van der Waals surface area contributed by atoms with E-state index < -0.39 is 0 Å². The third-order valence-corrected chi connectivity index (χ3v) is 4.19. The van der Waals surface area contributed by atoms with Crippen LogP contribution in [0.4, 0.5) is 0 Å². The quantitative estimate of drug-likeness (QED) is 0.947. The van der Waals surface area contributed by atoms with E-state index in [1.54, 1.807) is 18.0 Å². The van der Waals surface area contributed by atoms with Crippen LogP contribution in [0, 0.1) is 0 Å². The minimum absolute atomic E-state index is 0.0878. The number of nitrogens with zero attached hydrogens (tertiary/aromatic N) is 1. The molecule has 0 saturated carbocycles. The molecule has 4 heteroatoms. The summed E-state index contributed by atoms with van der Waals surface area (Å²) in [5.41, 5.74) is 0.509. The maximum atomic E-state index is 12.6. The second-order valence-electron chi connectivity index (χ2n) is 5.89. The number of phenols is 1. The number of carbonyl (C=O) groups is 1. The van der Waals surface area contributed by atoms with E-state index in [1.165, 1.54) is 0 Å². The first-order valence-corrected chi connectivity index (χ1v) is 7.74. The van der Waals surface area contributed by atoms with Gasteiger partial charge in [-0.2, -0.15) is 0 Å². The molecule has 116 valence electrons. The van der Waals surface area contributed by atoms with Crippen molar-refractivity contribution in [3.63, 3.8) is 0 Å². The minimum Gasteiger partial charge on any atom is -0.507 e. The molecule has 2 aromatic carbocycles. The van der Waals surface area contributed by atoms with Gasteiger partial charge in [0.25, 0.3) is 5.91 Å². The Morgan fingerprint density at radius 3 is 2.91 bits per heavy atom. The molecule has 0 aromatic heterocycles. The van der Waals surface area contributed by atoms with Gasteiger partial charge >= 0.3 is 0 Å². The molecule has 0 bridgehead atoms. The van der Waals surface area contributed by atoms with Crippen LogP contribution in [0.25, 0.3) is 10.8 Å². The molecule has 2 aromatic rings. The molecule has 0 unspecified atom stereocenters. The Balaban J connectivity index is 1.79. The molecule has 1 fully saturated rings. The molecule has 1 aliphatic rings. The Bertz CT molecular complexity index is 677. The number of ether oxygens (including phenoxy) is 1. The van der Waals surface area contributed by atoms with E-state index in [0.29, 0.717) is 12.1 Å². The molecular formula is C18H21NO3. The van der Waals surface area contributed by atoms with Gasteiger partial charge in [-0.05, 0) is 36.8 Å². The number of phenolic OH excluding ortho intramolecular Hbond substituents is 1. The van der Waals surface area contributed by atoms with Gasteiger partial charge in [-0.3, -0.25) is 4.79 Å². The predicted octanol–water partition coefficient (Wildman–Crippen LogP) is 3.19. The highest BCUT2D eigenvalue weighted by atomic mass is 16.5. The minimum atomic E-state index is -0.0878. The van der Waals surface area contributed by atoms with Crippen LogP contribution < -0.4 is 0 Å². The van der Waals surface area contributed by atoms with Gasteiger partial charge in [-0.1, -0.05) is 24.3 Å². The summed E-state index contributed by atoms with van der Waals surface area (Å²) in [6, 6.07) is 10.9. The van der Waals surface area contributed by atoms with Crippen molar-refractivity contribution in [2.24, 2.45) is 0 Å². The summed E-state index contributed by atoms with van der Waals surface area (Å²) in [7, 11) is 1.78. The second kappa shape index (κ2) is 6.36. The van der Waals surface area contributed by atoms with Gasteiger partial charge in [0.15, 0.2) is 0 Å². The maximum absolute atomic E-state index is 12.6. The Morgan fingerprint density at radius 1 is 1.32 bits per heavy atom. The first-order valence-electron chi connectivity index (χ1n) is 7.74. The fourth-order valence-electron chi connectivity index (χ4n) is 2.97. The first kappa shape index (κ1) is 14.9. The van der Waals surface area contributed by atoms with Crippen molar-refractivity contribution in [2.45, 2.75) is 25.4 Å². The molecule has 1 heterocycles. The summed E-state index contributed by atoms with van der Waals surface area (Å²) in [5, 5.41) is 11.7. The Labute approximate surface area is 130 Å². The fourth-order valence-corrected chi connectivity index (χ4v) is 2.97. The van der Waals surface area contributed by atoms with Crippen molar-refractivity contribution in [1.82, 2.24) is 4.90 Å². The van der Waals surface area contributed by atoms with Crippen molar-refractivity contribution in [3.05, 3.63) is 42.0 Å². The highest BCUT2D eigenvalue weighted by molar-refractivity contribution is 6.00. The van der Waals surface area contributed by atoms with Gasteiger partial charge in [0, 0.05) is 31.1 Å². The molecule has 4 nitrogen and oxygen atoms in total. The number of hydrogen-bond acceptors (Lipinski definition) is 3. The van der Waals surface area contributed by atoms with E-state index in [-0.39, 0.29) is 17.8 Å². The molecule has 1 atom stereocenters. The third-order valence-electron chi connectivity index (χ3n) is 4.19. The Kier molecular flexibility index (Phi) is 4.29. The standard InChI is InChI=1S/C18H21NO3/c1-19(12-15-7-4-5-9-22-15)18(21)14-10-13-6-2-3-8-16(13)17(20)11-14/h2-3,6,8,10-11,15,20H,4-5,7,9,12H2,1H3/t15-/m0/s1. The van der Waals surface area contributed by atoms with Gasteiger partial charge in [0.2, 0.25) is 0 Å². The van der Waals surface area contributed by atoms with Crippen molar-refractivity contribution >= 4 is 16.7 Å². The second-order valence-corrected chi connectivity index (χ2v) is 5.89. The van der Waals surface area contributed by atoms with Gasteiger partial charge in [-0.25, -0.2) is 0 Å².